The van der Waals surface area contributed by atoms with Crippen molar-refractivity contribution in [1.29, 1.82) is 0 Å². The van der Waals surface area contributed by atoms with Crippen molar-refractivity contribution >= 4 is 16.6 Å². The molecule has 0 aromatic heterocycles. The maximum atomic E-state index is 11.5. The highest BCUT2D eigenvalue weighted by Gasteiger charge is 2.53. The van der Waals surface area contributed by atoms with Gasteiger partial charge in [0.1, 0.15) is 6.10 Å². The van der Waals surface area contributed by atoms with E-state index in [2.05, 4.69) is 102 Å². The molecule has 0 saturated carbocycles. The summed E-state index contributed by atoms with van der Waals surface area (Å²) in [7, 11) is -4.26. The Bertz CT molecular complexity index is 525. The van der Waals surface area contributed by atoms with E-state index in [1.54, 1.807) is 0 Å². The van der Waals surface area contributed by atoms with E-state index in [-0.39, 0.29) is 18.1 Å². The lowest BCUT2D eigenvalue weighted by atomic mass is 9.87. The molecule has 0 radical (unpaired) electrons. The van der Waals surface area contributed by atoms with Gasteiger partial charge in [0.15, 0.2) is 0 Å². The van der Waals surface area contributed by atoms with Gasteiger partial charge in [-0.2, -0.15) is 0 Å². The molecule has 0 aromatic carbocycles. The first-order valence-corrected chi connectivity index (χ1v) is 17.2. The third-order valence-corrected chi connectivity index (χ3v) is 20.4. The highest BCUT2D eigenvalue weighted by molar-refractivity contribution is 6.78. The Kier molecular flexibility index (Phi) is 10.8. The summed E-state index contributed by atoms with van der Waals surface area (Å²) < 4.78 is 14.5. The van der Waals surface area contributed by atoms with Crippen molar-refractivity contribution < 1.29 is 14.0 Å². The molecule has 0 spiro atoms. The molecule has 0 amide bonds. The Morgan fingerprint density at radius 1 is 0.645 bits per heavy atom. The van der Waals surface area contributed by atoms with Crippen molar-refractivity contribution in [2.45, 2.75) is 148 Å². The second kappa shape index (κ2) is 11.5. The highest BCUT2D eigenvalue weighted by atomic mass is 28.4. The SMILES string of the molecule is CC[C@H]1C=C[C@@H](O[Si](C(C)C)(C(C)C)C(C)C)[C@@H](O[Si](C(C)C)(C(C)C)C(C)C)[C@H]1O. The molecular weight excluding hydrogens is 416 g/mol. The first-order valence-electron chi connectivity index (χ1n) is 12.9. The summed E-state index contributed by atoms with van der Waals surface area (Å²) in [5, 5.41) is 11.5. The Labute approximate surface area is 196 Å². The predicted octanol–water partition coefficient (Wildman–Crippen LogP) is 8.06. The average molecular weight is 471 g/mol. The van der Waals surface area contributed by atoms with Crippen LogP contribution >= 0.6 is 0 Å². The fourth-order valence-electron chi connectivity index (χ4n) is 6.82. The van der Waals surface area contributed by atoms with Crippen molar-refractivity contribution in [3.8, 4) is 0 Å². The zero-order valence-electron chi connectivity index (χ0n) is 22.9. The number of aliphatic hydroxyl groups excluding tert-OH is 1. The van der Waals surface area contributed by atoms with Crippen molar-refractivity contribution in [1.82, 2.24) is 0 Å². The van der Waals surface area contributed by atoms with E-state index < -0.39 is 22.7 Å². The first-order chi connectivity index (χ1) is 14.2. The van der Waals surface area contributed by atoms with Gasteiger partial charge in [0, 0.05) is 5.92 Å². The van der Waals surface area contributed by atoms with Crippen LogP contribution in [0, 0.1) is 5.92 Å². The second-order valence-electron chi connectivity index (χ2n) is 11.7. The van der Waals surface area contributed by atoms with Crippen LogP contribution in [-0.2, 0) is 8.85 Å². The smallest absolute Gasteiger partial charge is 0.201 e. The molecule has 1 N–H and O–H groups in total. The van der Waals surface area contributed by atoms with E-state index in [0.29, 0.717) is 33.2 Å². The Balaban J connectivity index is 3.53. The standard InChI is InChI=1S/C26H54O3Si2/c1-14-23-15-16-24(28-30(17(2)3,18(4)5)19(6)7)26(25(23)27)29-31(20(8)9,21(10)11)22(12)13/h15-27H,14H2,1-13H3/t23-,24+,25-,26+/m0/s1. The molecule has 0 fully saturated rings. The lowest BCUT2D eigenvalue weighted by Crippen LogP contribution is -2.60. The predicted molar refractivity (Wildman–Crippen MR) is 141 cm³/mol. The van der Waals surface area contributed by atoms with Crippen molar-refractivity contribution in [3.05, 3.63) is 12.2 Å². The van der Waals surface area contributed by atoms with Gasteiger partial charge in [-0.1, -0.05) is 102 Å². The molecule has 0 bridgehead atoms. The van der Waals surface area contributed by atoms with Gasteiger partial charge in [0.25, 0.3) is 0 Å². The van der Waals surface area contributed by atoms with Crippen molar-refractivity contribution in [2.24, 2.45) is 5.92 Å². The summed E-state index contributed by atoms with van der Waals surface area (Å²) in [6.45, 7) is 30.0. The van der Waals surface area contributed by atoms with Crippen LogP contribution in [0.2, 0.25) is 33.2 Å². The molecule has 1 aliphatic rings. The zero-order valence-corrected chi connectivity index (χ0v) is 24.9. The molecule has 0 heterocycles. The summed E-state index contributed by atoms with van der Waals surface area (Å²) >= 11 is 0. The summed E-state index contributed by atoms with van der Waals surface area (Å²) in [6, 6.07) is 0. The van der Waals surface area contributed by atoms with Gasteiger partial charge in [0.2, 0.25) is 16.6 Å². The van der Waals surface area contributed by atoms with Crippen LogP contribution in [0.1, 0.15) is 96.4 Å². The minimum atomic E-state index is -2.16. The van der Waals surface area contributed by atoms with Crippen molar-refractivity contribution in [2.75, 3.05) is 0 Å². The van der Waals surface area contributed by atoms with Crippen LogP contribution in [0.15, 0.2) is 12.2 Å². The minimum Gasteiger partial charge on any atom is -0.408 e. The molecule has 5 heteroatoms. The molecule has 0 unspecified atom stereocenters. The second-order valence-corrected chi connectivity index (χ2v) is 22.6. The van der Waals surface area contributed by atoms with Crippen molar-refractivity contribution in [3.63, 3.8) is 0 Å². The molecule has 184 valence electrons. The molecule has 1 rings (SSSR count). The summed E-state index contributed by atoms with van der Waals surface area (Å²) in [4.78, 5) is 0. The van der Waals surface area contributed by atoms with E-state index in [0.717, 1.165) is 6.42 Å². The number of hydrogen-bond acceptors (Lipinski definition) is 3. The lowest BCUT2D eigenvalue weighted by molar-refractivity contribution is -0.0565. The largest absolute Gasteiger partial charge is 0.408 e. The molecule has 0 aliphatic heterocycles. The first kappa shape index (κ1) is 29.1. The highest BCUT2D eigenvalue weighted by Crippen LogP contribution is 2.47. The number of aliphatic hydroxyl groups is 1. The number of hydrogen-bond donors (Lipinski definition) is 1. The van der Waals surface area contributed by atoms with Gasteiger partial charge >= 0.3 is 0 Å². The Hall–Kier alpha value is 0.0538. The fourth-order valence-corrected chi connectivity index (χ4v) is 17.9. The van der Waals surface area contributed by atoms with E-state index in [4.69, 9.17) is 8.85 Å². The molecule has 1 aliphatic carbocycles. The van der Waals surface area contributed by atoms with Crippen LogP contribution < -0.4 is 0 Å². The van der Waals surface area contributed by atoms with Crippen LogP contribution in [0.3, 0.4) is 0 Å². The van der Waals surface area contributed by atoms with Gasteiger partial charge in [-0.3, -0.25) is 0 Å². The van der Waals surface area contributed by atoms with Gasteiger partial charge < -0.3 is 14.0 Å². The topological polar surface area (TPSA) is 38.7 Å². The molecular formula is C26H54O3Si2. The Morgan fingerprint density at radius 2 is 1.00 bits per heavy atom. The summed E-state index contributed by atoms with van der Waals surface area (Å²) in [5.74, 6) is 0.135. The maximum absolute atomic E-state index is 11.5. The zero-order chi connectivity index (χ0) is 24.3. The number of rotatable bonds is 11. The van der Waals surface area contributed by atoms with Gasteiger partial charge in [-0.25, -0.2) is 0 Å². The third-order valence-electron chi connectivity index (χ3n) is 8.21. The van der Waals surface area contributed by atoms with E-state index >= 15 is 0 Å². The molecule has 0 aromatic rings. The van der Waals surface area contributed by atoms with Crippen LogP contribution in [0.25, 0.3) is 0 Å². The summed E-state index contributed by atoms with van der Waals surface area (Å²) in [6.07, 6.45) is 4.39. The molecule has 0 saturated heterocycles. The minimum absolute atomic E-state index is 0.135. The molecule has 3 nitrogen and oxygen atoms in total. The Morgan fingerprint density at radius 3 is 1.32 bits per heavy atom. The normalized spacial score (nSPS) is 25.8. The molecule has 4 atom stereocenters. The van der Waals surface area contributed by atoms with Crippen LogP contribution in [0.4, 0.5) is 0 Å². The summed E-state index contributed by atoms with van der Waals surface area (Å²) in [5.41, 5.74) is 2.95. The van der Waals surface area contributed by atoms with E-state index in [9.17, 15) is 5.11 Å². The average Bonchev–Trinajstić information content (AvgIpc) is 2.63. The molecule has 31 heavy (non-hydrogen) atoms. The quantitative estimate of drug-likeness (QED) is 0.245. The third kappa shape index (κ3) is 5.59. The van der Waals surface area contributed by atoms with Gasteiger partial charge in [-0.15, -0.1) is 0 Å². The van der Waals surface area contributed by atoms with E-state index in [1.807, 2.05) is 0 Å². The van der Waals surface area contributed by atoms with Crippen LogP contribution in [-0.4, -0.2) is 40.1 Å². The van der Waals surface area contributed by atoms with E-state index in [1.165, 1.54) is 0 Å². The maximum Gasteiger partial charge on any atom is 0.201 e. The van der Waals surface area contributed by atoms with Gasteiger partial charge in [-0.05, 0) is 39.7 Å². The monoisotopic (exact) mass is 470 g/mol. The fraction of sp³-hybridized carbons (Fsp3) is 0.923. The lowest BCUT2D eigenvalue weighted by Gasteiger charge is -2.51. The van der Waals surface area contributed by atoms with Crippen LogP contribution in [0.5, 0.6) is 0 Å². The van der Waals surface area contributed by atoms with Gasteiger partial charge in [0.05, 0.1) is 12.2 Å².